The molecule has 0 unspecified atom stereocenters. The first kappa shape index (κ1) is 8.57. The topological polar surface area (TPSA) is 49.8 Å². The van der Waals surface area contributed by atoms with Crippen LogP contribution in [0.4, 0.5) is 5.69 Å². The molecule has 0 spiro atoms. The average molecular weight is 276 g/mol. The summed E-state index contributed by atoms with van der Waals surface area (Å²) in [7, 11) is 0. The van der Waals surface area contributed by atoms with Crippen LogP contribution in [0.15, 0.2) is 21.1 Å². The van der Waals surface area contributed by atoms with E-state index < -0.39 is 0 Å². The molecule has 0 aromatic heterocycles. The van der Waals surface area contributed by atoms with Crippen molar-refractivity contribution in [1.82, 2.24) is 0 Å². The summed E-state index contributed by atoms with van der Waals surface area (Å²) < 4.78 is 1.55. The zero-order valence-electron chi connectivity index (χ0n) is 5.44. The lowest BCUT2D eigenvalue weighted by Gasteiger charge is -1.99. The molecule has 1 rings (SSSR count). The lowest BCUT2D eigenvalue weighted by Crippen LogP contribution is -1.88. The molecule has 2 N–H and O–H groups in total. The highest BCUT2D eigenvalue weighted by atomic mass is 79.9. The first-order valence-electron chi connectivity index (χ1n) is 2.79. The fraction of sp³-hybridized carbons (Fsp3) is 0. The summed E-state index contributed by atoms with van der Waals surface area (Å²) >= 11 is 6.48. The van der Waals surface area contributed by atoms with Gasteiger partial charge in [-0.1, -0.05) is 0 Å². The Hall–Kier alpha value is -0.530. The number of nitrogens with two attached hydrogens (primary N) is 1. The van der Waals surface area contributed by atoms with E-state index in [4.69, 9.17) is 11.0 Å². The maximum absolute atomic E-state index is 8.58. The number of nitrogens with zero attached hydrogens (tertiary/aromatic N) is 1. The molecule has 0 aliphatic carbocycles. The van der Waals surface area contributed by atoms with Crippen LogP contribution in [0.1, 0.15) is 5.56 Å². The normalized spacial score (nSPS) is 9.18. The molecule has 11 heavy (non-hydrogen) atoms. The van der Waals surface area contributed by atoms with E-state index in [1.54, 1.807) is 12.1 Å². The van der Waals surface area contributed by atoms with Gasteiger partial charge in [0.2, 0.25) is 0 Å². The number of rotatable bonds is 0. The van der Waals surface area contributed by atoms with Gasteiger partial charge in [-0.2, -0.15) is 5.26 Å². The van der Waals surface area contributed by atoms with Crippen LogP contribution in [0.25, 0.3) is 0 Å². The Bertz CT molecular complexity index is 328. The Morgan fingerprint density at radius 3 is 2.45 bits per heavy atom. The van der Waals surface area contributed by atoms with Gasteiger partial charge in [0.25, 0.3) is 0 Å². The number of anilines is 1. The lowest BCUT2D eigenvalue weighted by atomic mass is 10.2. The standard InChI is InChI=1S/C7H4Br2N2/c8-5-2-6(9)7(11)1-4(5)3-10/h1-2H,11H2. The Morgan fingerprint density at radius 1 is 1.27 bits per heavy atom. The summed E-state index contributed by atoms with van der Waals surface area (Å²) in [5.41, 5.74) is 6.67. The quantitative estimate of drug-likeness (QED) is 0.740. The van der Waals surface area contributed by atoms with Gasteiger partial charge in [-0.25, -0.2) is 0 Å². The molecule has 1 aromatic carbocycles. The first-order valence-corrected chi connectivity index (χ1v) is 4.38. The Morgan fingerprint density at radius 2 is 1.91 bits per heavy atom. The second-order valence-electron chi connectivity index (χ2n) is 1.97. The average Bonchev–Trinajstić information content (AvgIpc) is 1.97. The van der Waals surface area contributed by atoms with E-state index >= 15 is 0 Å². The van der Waals surface area contributed by atoms with Gasteiger partial charge >= 0.3 is 0 Å². The largest absolute Gasteiger partial charge is 0.398 e. The summed E-state index contributed by atoms with van der Waals surface area (Å²) in [5.74, 6) is 0. The lowest BCUT2D eigenvalue weighted by molar-refractivity contribution is 1.46. The third-order valence-corrected chi connectivity index (χ3v) is 2.55. The highest BCUT2D eigenvalue weighted by molar-refractivity contribution is 9.11. The second kappa shape index (κ2) is 3.24. The third kappa shape index (κ3) is 1.73. The Labute approximate surface area is 81.3 Å². The van der Waals surface area contributed by atoms with E-state index in [2.05, 4.69) is 31.9 Å². The van der Waals surface area contributed by atoms with Crippen molar-refractivity contribution in [3.05, 3.63) is 26.6 Å². The molecular formula is C7H4Br2N2. The van der Waals surface area contributed by atoms with Crippen LogP contribution in [-0.2, 0) is 0 Å². The molecule has 0 bridgehead atoms. The summed E-state index contributed by atoms with van der Waals surface area (Å²) in [5, 5.41) is 8.58. The zero-order valence-corrected chi connectivity index (χ0v) is 8.61. The number of nitriles is 1. The maximum Gasteiger partial charge on any atom is 0.100 e. The fourth-order valence-electron chi connectivity index (χ4n) is 0.651. The molecule has 0 amide bonds. The smallest absolute Gasteiger partial charge is 0.100 e. The van der Waals surface area contributed by atoms with Crippen molar-refractivity contribution in [2.75, 3.05) is 5.73 Å². The van der Waals surface area contributed by atoms with Crippen molar-refractivity contribution >= 4 is 37.5 Å². The van der Waals surface area contributed by atoms with Gasteiger partial charge in [-0.05, 0) is 44.0 Å². The highest BCUT2D eigenvalue weighted by Gasteiger charge is 2.02. The van der Waals surface area contributed by atoms with Gasteiger partial charge in [0.1, 0.15) is 6.07 Å². The van der Waals surface area contributed by atoms with E-state index in [1.807, 2.05) is 6.07 Å². The molecule has 0 heterocycles. The van der Waals surface area contributed by atoms with Gasteiger partial charge in [0, 0.05) is 14.6 Å². The molecule has 0 atom stereocenters. The number of halogens is 2. The number of hydrogen-bond acceptors (Lipinski definition) is 2. The molecule has 2 nitrogen and oxygen atoms in total. The summed E-state index contributed by atoms with van der Waals surface area (Å²) in [4.78, 5) is 0. The molecule has 0 aliphatic heterocycles. The van der Waals surface area contributed by atoms with Crippen molar-refractivity contribution in [3.63, 3.8) is 0 Å². The minimum Gasteiger partial charge on any atom is -0.398 e. The third-order valence-electron chi connectivity index (χ3n) is 1.21. The van der Waals surface area contributed by atoms with Crippen LogP contribution in [0.5, 0.6) is 0 Å². The van der Waals surface area contributed by atoms with Gasteiger partial charge in [0.05, 0.1) is 5.56 Å². The van der Waals surface area contributed by atoms with Crippen LogP contribution in [0.3, 0.4) is 0 Å². The molecule has 0 fully saturated rings. The maximum atomic E-state index is 8.58. The van der Waals surface area contributed by atoms with Crippen molar-refractivity contribution in [1.29, 1.82) is 5.26 Å². The molecule has 4 heteroatoms. The summed E-state index contributed by atoms with van der Waals surface area (Å²) in [6, 6.07) is 5.39. The van der Waals surface area contributed by atoms with E-state index in [0.29, 0.717) is 11.3 Å². The van der Waals surface area contributed by atoms with Gasteiger partial charge < -0.3 is 5.73 Å². The van der Waals surface area contributed by atoms with Gasteiger partial charge in [-0.3, -0.25) is 0 Å². The van der Waals surface area contributed by atoms with Crippen LogP contribution >= 0.6 is 31.9 Å². The number of nitrogen functional groups attached to an aromatic ring is 1. The molecule has 1 aromatic rings. The summed E-state index contributed by atoms with van der Waals surface area (Å²) in [6.07, 6.45) is 0. The highest BCUT2D eigenvalue weighted by Crippen LogP contribution is 2.26. The van der Waals surface area contributed by atoms with Crippen molar-refractivity contribution < 1.29 is 0 Å². The molecule has 56 valence electrons. The number of benzene rings is 1. The minimum absolute atomic E-state index is 0.547. The number of hydrogen-bond donors (Lipinski definition) is 1. The zero-order chi connectivity index (χ0) is 8.43. The Balaban J connectivity index is 3.35. The van der Waals surface area contributed by atoms with Crippen LogP contribution in [0, 0.1) is 11.3 Å². The van der Waals surface area contributed by atoms with Crippen LogP contribution < -0.4 is 5.73 Å². The fourth-order valence-corrected chi connectivity index (χ4v) is 1.73. The molecule has 0 radical (unpaired) electrons. The van der Waals surface area contributed by atoms with Crippen molar-refractivity contribution in [3.8, 4) is 6.07 Å². The molecule has 0 aliphatic rings. The molecular weight excluding hydrogens is 272 g/mol. The van der Waals surface area contributed by atoms with Crippen LogP contribution in [0.2, 0.25) is 0 Å². The monoisotopic (exact) mass is 274 g/mol. The Kier molecular flexibility index (Phi) is 2.53. The molecule has 0 saturated heterocycles. The van der Waals surface area contributed by atoms with E-state index in [0.717, 1.165) is 8.95 Å². The van der Waals surface area contributed by atoms with E-state index in [-0.39, 0.29) is 0 Å². The summed E-state index contributed by atoms with van der Waals surface area (Å²) in [6.45, 7) is 0. The predicted octanol–water partition coefficient (Wildman–Crippen LogP) is 2.67. The van der Waals surface area contributed by atoms with Crippen molar-refractivity contribution in [2.24, 2.45) is 0 Å². The predicted molar refractivity (Wildman–Crippen MR) is 51.0 cm³/mol. The van der Waals surface area contributed by atoms with Gasteiger partial charge in [0.15, 0.2) is 0 Å². The van der Waals surface area contributed by atoms with E-state index in [9.17, 15) is 0 Å². The minimum atomic E-state index is 0.547. The first-order chi connectivity index (χ1) is 5.15. The second-order valence-corrected chi connectivity index (χ2v) is 3.67. The SMILES string of the molecule is N#Cc1cc(N)c(Br)cc1Br. The molecule has 0 saturated carbocycles. The van der Waals surface area contributed by atoms with Gasteiger partial charge in [-0.15, -0.1) is 0 Å². The van der Waals surface area contributed by atoms with Crippen LogP contribution in [-0.4, -0.2) is 0 Å². The van der Waals surface area contributed by atoms with Crippen molar-refractivity contribution in [2.45, 2.75) is 0 Å². The van der Waals surface area contributed by atoms with E-state index in [1.165, 1.54) is 0 Å².